The van der Waals surface area contributed by atoms with Crippen molar-refractivity contribution < 1.29 is 4.92 Å². The summed E-state index contributed by atoms with van der Waals surface area (Å²) in [6.45, 7) is 5.83. The first-order valence-corrected chi connectivity index (χ1v) is 7.82. The first kappa shape index (κ1) is 15.0. The monoisotopic (exact) mass is 354 g/mol. The molecular weight excluding hydrogens is 340 g/mol. The van der Waals surface area contributed by atoms with Gasteiger partial charge in [-0.2, -0.15) is 0 Å². The van der Waals surface area contributed by atoms with Crippen LogP contribution >= 0.6 is 27.3 Å². The van der Waals surface area contributed by atoms with Crippen LogP contribution < -0.4 is 5.32 Å². The zero-order valence-electron chi connectivity index (χ0n) is 11.4. The summed E-state index contributed by atoms with van der Waals surface area (Å²) in [7, 11) is 0. The highest BCUT2D eigenvalue weighted by molar-refractivity contribution is 9.10. The molecule has 2 rings (SSSR count). The minimum atomic E-state index is -0.341. The van der Waals surface area contributed by atoms with Gasteiger partial charge in [0.25, 0.3) is 5.69 Å². The van der Waals surface area contributed by atoms with E-state index in [0.717, 1.165) is 20.5 Å². The summed E-state index contributed by atoms with van der Waals surface area (Å²) < 4.78 is 1.03. The number of nitrogens with one attached hydrogen (secondary N) is 1. The van der Waals surface area contributed by atoms with Crippen LogP contribution in [0.1, 0.15) is 29.0 Å². The molecule has 106 valence electrons. The predicted molar refractivity (Wildman–Crippen MR) is 86.6 cm³/mol. The Morgan fingerprint density at radius 3 is 2.50 bits per heavy atom. The lowest BCUT2D eigenvalue weighted by Gasteiger charge is -2.15. The Hall–Kier alpha value is -1.40. The molecule has 20 heavy (non-hydrogen) atoms. The molecule has 0 amide bonds. The molecule has 0 saturated carbocycles. The lowest BCUT2D eigenvalue weighted by molar-refractivity contribution is -0.384. The van der Waals surface area contributed by atoms with Gasteiger partial charge in [-0.25, -0.2) is 0 Å². The predicted octanol–water partition coefficient (Wildman–Crippen LogP) is 5.21. The summed E-state index contributed by atoms with van der Waals surface area (Å²) in [6.07, 6.45) is 0. The maximum atomic E-state index is 11.2. The van der Waals surface area contributed by atoms with E-state index in [1.165, 1.54) is 0 Å². The van der Waals surface area contributed by atoms with Crippen molar-refractivity contribution in [2.45, 2.75) is 26.8 Å². The molecule has 0 bridgehead atoms. The number of benzene rings is 1. The molecule has 0 saturated heterocycles. The van der Waals surface area contributed by atoms with E-state index >= 15 is 0 Å². The van der Waals surface area contributed by atoms with Crippen molar-refractivity contribution in [3.63, 3.8) is 0 Å². The van der Waals surface area contributed by atoms with Gasteiger partial charge in [0.1, 0.15) is 5.69 Å². The average Bonchev–Trinajstić information content (AvgIpc) is 2.80. The molecule has 2 aromatic rings. The summed E-state index contributed by atoms with van der Waals surface area (Å²) in [4.78, 5) is 12.0. The molecule has 1 aromatic carbocycles. The van der Waals surface area contributed by atoms with Crippen molar-refractivity contribution in [2.75, 3.05) is 5.32 Å². The van der Waals surface area contributed by atoms with Crippen LogP contribution in [0.5, 0.6) is 0 Å². The fourth-order valence-electron chi connectivity index (χ4n) is 1.93. The molecule has 0 fully saturated rings. The number of rotatable bonds is 4. The Balaban J connectivity index is 2.33. The van der Waals surface area contributed by atoms with Gasteiger partial charge in [-0.3, -0.25) is 10.1 Å². The molecule has 1 aromatic heterocycles. The van der Waals surface area contributed by atoms with E-state index in [1.54, 1.807) is 17.4 Å². The standard InChI is InChI=1S/C14H15BrN2O2S/c1-8-4-12(13(17(18)19)5-9(8)2)16-10(3)14-6-11(15)7-20-14/h4-7,10,16H,1-3H3. The van der Waals surface area contributed by atoms with E-state index in [4.69, 9.17) is 0 Å². The number of halogens is 1. The number of anilines is 1. The summed E-state index contributed by atoms with van der Waals surface area (Å²) >= 11 is 5.04. The number of hydrogen-bond acceptors (Lipinski definition) is 4. The largest absolute Gasteiger partial charge is 0.372 e. The Morgan fingerprint density at radius 2 is 1.95 bits per heavy atom. The van der Waals surface area contributed by atoms with Gasteiger partial charge in [0.05, 0.1) is 11.0 Å². The Kier molecular flexibility index (Phi) is 4.45. The Labute approximate surface area is 130 Å². The summed E-state index contributed by atoms with van der Waals surface area (Å²) in [6, 6.07) is 5.50. The molecule has 0 radical (unpaired) electrons. The summed E-state index contributed by atoms with van der Waals surface area (Å²) in [5.74, 6) is 0. The van der Waals surface area contributed by atoms with Crippen molar-refractivity contribution in [3.8, 4) is 0 Å². The fraction of sp³-hybridized carbons (Fsp3) is 0.286. The minimum absolute atomic E-state index is 0.0205. The topological polar surface area (TPSA) is 55.2 Å². The maximum absolute atomic E-state index is 11.2. The third kappa shape index (κ3) is 3.19. The highest BCUT2D eigenvalue weighted by atomic mass is 79.9. The van der Waals surface area contributed by atoms with Gasteiger partial charge in [0, 0.05) is 20.8 Å². The van der Waals surface area contributed by atoms with Crippen LogP contribution in [0.2, 0.25) is 0 Å². The molecule has 1 unspecified atom stereocenters. The molecule has 0 aliphatic rings. The Morgan fingerprint density at radius 1 is 1.30 bits per heavy atom. The first-order valence-electron chi connectivity index (χ1n) is 6.14. The highest BCUT2D eigenvalue weighted by Gasteiger charge is 2.18. The molecule has 0 aliphatic carbocycles. The zero-order valence-corrected chi connectivity index (χ0v) is 13.8. The molecule has 6 heteroatoms. The van der Waals surface area contributed by atoms with Gasteiger partial charge in [-0.1, -0.05) is 0 Å². The van der Waals surface area contributed by atoms with Crippen molar-refractivity contribution in [3.05, 3.63) is 54.2 Å². The lowest BCUT2D eigenvalue weighted by Crippen LogP contribution is -2.07. The van der Waals surface area contributed by atoms with Crippen molar-refractivity contribution in [2.24, 2.45) is 0 Å². The maximum Gasteiger partial charge on any atom is 0.292 e. The van der Waals surface area contributed by atoms with Crippen LogP contribution in [0.15, 0.2) is 28.1 Å². The van der Waals surface area contributed by atoms with Crippen molar-refractivity contribution in [1.29, 1.82) is 0 Å². The lowest BCUT2D eigenvalue weighted by atomic mass is 10.1. The minimum Gasteiger partial charge on any atom is -0.372 e. The van der Waals surface area contributed by atoms with Gasteiger partial charge in [0.2, 0.25) is 0 Å². The van der Waals surface area contributed by atoms with Crippen LogP contribution in [0.3, 0.4) is 0 Å². The first-order chi connectivity index (χ1) is 9.38. The fourth-order valence-corrected chi connectivity index (χ4v) is 3.38. The van der Waals surface area contributed by atoms with E-state index in [9.17, 15) is 10.1 Å². The van der Waals surface area contributed by atoms with E-state index in [0.29, 0.717) is 5.69 Å². The van der Waals surface area contributed by atoms with Crippen LogP contribution in [-0.2, 0) is 0 Å². The Bertz CT molecular complexity index is 655. The average molecular weight is 355 g/mol. The third-order valence-electron chi connectivity index (χ3n) is 3.20. The number of nitro groups is 1. The van der Waals surface area contributed by atoms with Crippen molar-refractivity contribution >= 4 is 38.6 Å². The second-order valence-electron chi connectivity index (χ2n) is 4.74. The van der Waals surface area contributed by atoms with Crippen LogP contribution in [0.4, 0.5) is 11.4 Å². The molecule has 1 N–H and O–H groups in total. The number of nitrogens with zero attached hydrogens (tertiary/aromatic N) is 1. The SMILES string of the molecule is Cc1cc(NC(C)c2cc(Br)cs2)c([N+](=O)[O-])cc1C. The highest BCUT2D eigenvalue weighted by Crippen LogP contribution is 2.33. The normalized spacial score (nSPS) is 12.2. The molecule has 4 nitrogen and oxygen atoms in total. The van der Waals surface area contributed by atoms with Crippen LogP contribution in [-0.4, -0.2) is 4.92 Å². The second kappa shape index (κ2) is 5.93. The van der Waals surface area contributed by atoms with E-state index in [1.807, 2.05) is 38.3 Å². The molecule has 1 atom stereocenters. The molecule has 0 aliphatic heterocycles. The van der Waals surface area contributed by atoms with Crippen LogP contribution in [0.25, 0.3) is 0 Å². The van der Waals surface area contributed by atoms with E-state index in [2.05, 4.69) is 21.2 Å². The quantitative estimate of drug-likeness (QED) is 0.605. The summed E-state index contributed by atoms with van der Waals surface area (Å²) in [5, 5.41) is 16.4. The number of thiophene rings is 1. The number of nitro benzene ring substituents is 1. The van der Waals surface area contributed by atoms with Gasteiger partial charge >= 0.3 is 0 Å². The van der Waals surface area contributed by atoms with Crippen molar-refractivity contribution in [1.82, 2.24) is 0 Å². The van der Waals surface area contributed by atoms with Gasteiger partial charge in [-0.15, -0.1) is 11.3 Å². The number of hydrogen-bond donors (Lipinski definition) is 1. The van der Waals surface area contributed by atoms with Gasteiger partial charge in [0.15, 0.2) is 0 Å². The third-order valence-corrected chi connectivity index (χ3v) is 5.07. The summed E-state index contributed by atoms with van der Waals surface area (Å²) in [5.41, 5.74) is 2.65. The van der Waals surface area contributed by atoms with E-state index < -0.39 is 0 Å². The number of aryl methyl sites for hydroxylation is 2. The van der Waals surface area contributed by atoms with Gasteiger partial charge in [-0.05, 0) is 60.0 Å². The van der Waals surface area contributed by atoms with E-state index in [-0.39, 0.29) is 16.7 Å². The van der Waals surface area contributed by atoms with Crippen LogP contribution in [0, 0.1) is 24.0 Å². The second-order valence-corrected chi connectivity index (χ2v) is 6.60. The molecule has 1 heterocycles. The molecular formula is C14H15BrN2O2S. The van der Waals surface area contributed by atoms with Gasteiger partial charge < -0.3 is 5.32 Å². The zero-order chi connectivity index (χ0) is 14.9. The molecule has 0 spiro atoms. The smallest absolute Gasteiger partial charge is 0.292 e.